The van der Waals surface area contributed by atoms with Gasteiger partial charge in [0.2, 0.25) is 0 Å². The molecule has 0 unspecified atom stereocenters. The predicted octanol–water partition coefficient (Wildman–Crippen LogP) is 19.1. The summed E-state index contributed by atoms with van der Waals surface area (Å²) in [7, 11) is 0. The van der Waals surface area contributed by atoms with Crippen LogP contribution in [0.3, 0.4) is 0 Å². The highest BCUT2D eigenvalue weighted by Crippen LogP contribution is 2.55. The van der Waals surface area contributed by atoms with Crippen molar-refractivity contribution in [3.05, 3.63) is 147 Å². The average Bonchev–Trinajstić information content (AvgIpc) is 4.14. The molecule has 0 amide bonds. The minimum atomic E-state index is -0.220. The molecule has 3 aliphatic rings. The topological polar surface area (TPSA) is 84.5 Å². The Morgan fingerprint density at radius 1 is 0.481 bits per heavy atom. The summed E-state index contributed by atoms with van der Waals surface area (Å²) < 4.78 is 26.9. The minimum Gasteiger partial charge on any atom is -0.485 e. The summed E-state index contributed by atoms with van der Waals surface area (Å²) in [5.74, 6) is 16.6. The summed E-state index contributed by atoms with van der Waals surface area (Å²) in [6, 6.07) is 34.4. The number of allylic oxidation sites excluding steroid dienone is 2. The number of unbranched alkanes of at least 4 members (excludes halogenated alkanes) is 14. The number of hydrogen-bond acceptors (Lipinski definition) is 8. The zero-order chi connectivity index (χ0) is 53.4. The lowest BCUT2D eigenvalue weighted by Crippen LogP contribution is -2.26. The molecule has 0 radical (unpaired) electrons. The van der Waals surface area contributed by atoms with Crippen molar-refractivity contribution in [2.75, 3.05) is 26.4 Å². The molecule has 10 heteroatoms. The maximum atomic E-state index is 10.4. The molecule has 6 aromatic rings. The molecule has 394 valence electrons. The first-order valence-electron chi connectivity index (χ1n) is 27.8. The second-order valence-corrected chi connectivity index (χ2v) is 24.1. The van der Waals surface area contributed by atoms with Crippen molar-refractivity contribution in [2.45, 2.75) is 135 Å². The monoisotopic (exact) mass is 1180 g/mol. The Hall–Kier alpha value is -5.98. The molecule has 4 heterocycles. The first kappa shape index (κ1) is 55.8. The van der Waals surface area contributed by atoms with Crippen molar-refractivity contribution in [2.24, 2.45) is 0 Å². The molecule has 2 aromatic heterocycles. The van der Waals surface area contributed by atoms with Crippen LogP contribution in [0.1, 0.15) is 182 Å². The van der Waals surface area contributed by atoms with Crippen molar-refractivity contribution in [3.8, 4) is 69.9 Å². The molecule has 0 fully saturated rings. The molecule has 6 nitrogen and oxygen atoms in total. The quantitative estimate of drug-likeness (QED) is 0.0383. The fourth-order valence-electron chi connectivity index (χ4n) is 10.9. The van der Waals surface area contributed by atoms with E-state index in [9.17, 15) is 10.5 Å². The Morgan fingerprint density at radius 3 is 1.22 bits per heavy atom. The van der Waals surface area contributed by atoms with Crippen LogP contribution in [-0.2, 0) is 5.41 Å². The van der Waals surface area contributed by atoms with Gasteiger partial charge in [0, 0.05) is 25.5 Å². The molecule has 0 saturated heterocycles. The van der Waals surface area contributed by atoms with Gasteiger partial charge in [0.05, 0.1) is 20.9 Å². The molecule has 1 aliphatic carbocycles. The molecule has 0 atom stereocenters. The van der Waals surface area contributed by atoms with Crippen molar-refractivity contribution >= 4 is 77.8 Å². The van der Waals surface area contributed by atoms with Gasteiger partial charge in [-0.3, -0.25) is 0 Å². The van der Waals surface area contributed by atoms with E-state index in [-0.39, 0.29) is 5.41 Å². The Bertz CT molecular complexity index is 3090. The molecule has 9 rings (SSSR count). The smallest absolute Gasteiger partial charge is 0.188 e. The maximum Gasteiger partial charge on any atom is 0.188 e. The Balaban J connectivity index is 1.08. The first-order chi connectivity index (χ1) is 37.8. The summed E-state index contributed by atoms with van der Waals surface area (Å²) in [6.07, 6.45) is 26.1. The zero-order valence-electron chi connectivity index (χ0n) is 44.4. The highest BCUT2D eigenvalue weighted by atomic mass is 79.9. The van der Waals surface area contributed by atoms with Gasteiger partial charge in [-0.2, -0.15) is 10.5 Å². The van der Waals surface area contributed by atoms with Gasteiger partial charge in [-0.25, -0.2) is 0 Å². The summed E-state index contributed by atoms with van der Waals surface area (Å²) in [4.78, 5) is 2.97. The van der Waals surface area contributed by atoms with Crippen LogP contribution >= 0.6 is 54.5 Å². The fourth-order valence-corrected chi connectivity index (χ4v) is 13.4. The van der Waals surface area contributed by atoms with Gasteiger partial charge in [0.1, 0.15) is 48.3 Å². The zero-order valence-corrected chi connectivity index (χ0v) is 49.2. The van der Waals surface area contributed by atoms with Crippen LogP contribution in [0, 0.1) is 46.3 Å². The predicted molar refractivity (Wildman–Crippen MR) is 325 cm³/mol. The number of benzene rings is 4. The van der Waals surface area contributed by atoms with Crippen molar-refractivity contribution < 1.29 is 18.9 Å². The second kappa shape index (κ2) is 27.6. The number of hydrogen-bond donors (Lipinski definition) is 0. The molecular formula is C67H66Br2N2O4S2. The lowest BCUT2D eigenvalue weighted by atomic mass is 9.70. The van der Waals surface area contributed by atoms with Crippen LogP contribution in [0.4, 0.5) is 0 Å². The normalized spacial score (nSPS) is 13.8. The molecular weight excluding hydrogens is 1120 g/mol. The van der Waals surface area contributed by atoms with E-state index in [2.05, 4.69) is 118 Å². The number of nitrogens with zero attached hydrogens (tertiary/aromatic N) is 2. The third kappa shape index (κ3) is 13.7. The van der Waals surface area contributed by atoms with Crippen molar-refractivity contribution in [1.82, 2.24) is 0 Å². The van der Waals surface area contributed by atoms with E-state index < -0.39 is 0 Å². The van der Waals surface area contributed by atoms with E-state index in [0.717, 1.165) is 76.4 Å². The van der Waals surface area contributed by atoms with Crippen molar-refractivity contribution in [1.29, 1.82) is 10.5 Å². The van der Waals surface area contributed by atoms with Gasteiger partial charge < -0.3 is 18.9 Å². The Morgan fingerprint density at radius 2 is 0.844 bits per heavy atom. The van der Waals surface area contributed by atoms with E-state index in [1.54, 1.807) is 0 Å². The molecule has 0 N–H and O–H groups in total. The van der Waals surface area contributed by atoms with E-state index in [1.165, 1.54) is 135 Å². The number of halogens is 2. The standard InChI is InChI=1S/C67H66Br2N2O4S2/c1-3-5-7-9-11-13-15-17-35-67(36-18-16-14-12-10-8-6-4-2)57-43-49(25-33-59-61-63(74-39-37-72-61)65(76-59)51(45-70)41-47-19-27-53(68)28-20-47)23-31-55(57)56-32-24-50(44-58(56)67)26-34-60-62-64(75-40-38-73-62)66(77-60)52(46-71)42-48-21-29-54(69)30-22-48/h19-24,27-32,41-44H,3-18,35-40H2,1-2H3/b51-41+,52-42+. The van der Waals surface area contributed by atoms with Gasteiger partial charge in [-0.05, 0) is 119 Å². The lowest BCUT2D eigenvalue weighted by Gasteiger charge is -2.33. The maximum absolute atomic E-state index is 10.4. The van der Waals surface area contributed by atoms with Gasteiger partial charge in [-0.1, -0.05) is 197 Å². The fraction of sp³-hybridized carbons (Fsp3) is 0.373. The van der Waals surface area contributed by atoms with E-state index in [4.69, 9.17) is 18.9 Å². The SMILES string of the molecule is CCCCCCCCCCC1(CCCCCCCCCC)c2cc(C#Cc3sc(/C(C#N)=C/c4ccc(Br)cc4)c4c3OCCO4)ccc2-c2ccc(C#Cc3sc(/C(C#N)=C/c4ccc(Br)cc4)c4c3OCCO4)cc21. The largest absolute Gasteiger partial charge is 0.485 e. The minimum absolute atomic E-state index is 0.220. The van der Waals surface area contributed by atoms with Crippen LogP contribution in [0.5, 0.6) is 23.0 Å². The summed E-state index contributed by atoms with van der Waals surface area (Å²) in [5.41, 5.74) is 9.82. The van der Waals surface area contributed by atoms with Crippen LogP contribution in [0.15, 0.2) is 93.9 Å². The summed E-state index contributed by atoms with van der Waals surface area (Å²) >= 11 is 9.96. The molecule has 4 aromatic carbocycles. The number of rotatable bonds is 22. The Labute approximate surface area is 481 Å². The van der Waals surface area contributed by atoms with Gasteiger partial charge in [-0.15, -0.1) is 22.7 Å². The average molecular weight is 1190 g/mol. The van der Waals surface area contributed by atoms with Crippen molar-refractivity contribution in [3.63, 3.8) is 0 Å². The summed E-state index contributed by atoms with van der Waals surface area (Å²) in [5, 5.41) is 20.9. The lowest BCUT2D eigenvalue weighted by molar-refractivity contribution is 0.173. The molecule has 77 heavy (non-hydrogen) atoms. The van der Waals surface area contributed by atoms with Crippen LogP contribution in [0.2, 0.25) is 0 Å². The highest BCUT2D eigenvalue weighted by molar-refractivity contribution is 9.10. The molecule has 0 spiro atoms. The highest BCUT2D eigenvalue weighted by Gasteiger charge is 2.42. The van der Waals surface area contributed by atoms with E-state index in [0.29, 0.717) is 60.6 Å². The van der Waals surface area contributed by atoms with Crippen LogP contribution < -0.4 is 18.9 Å². The van der Waals surface area contributed by atoms with E-state index in [1.807, 2.05) is 60.7 Å². The Kier molecular flexibility index (Phi) is 20.0. The first-order valence-corrected chi connectivity index (χ1v) is 31.0. The van der Waals surface area contributed by atoms with Gasteiger partial charge >= 0.3 is 0 Å². The third-order valence-electron chi connectivity index (χ3n) is 14.8. The molecule has 0 saturated carbocycles. The van der Waals surface area contributed by atoms with Gasteiger partial charge in [0.25, 0.3) is 0 Å². The van der Waals surface area contributed by atoms with Gasteiger partial charge in [0.15, 0.2) is 23.0 Å². The third-order valence-corrected chi connectivity index (χ3v) is 18.1. The number of fused-ring (bicyclic) bond motifs is 5. The number of ether oxygens (including phenoxy) is 4. The number of nitriles is 2. The van der Waals surface area contributed by atoms with E-state index >= 15 is 0 Å². The molecule has 2 aliphatic heterocycles. The number of thiophene rings is 2. The van der Waals surface area contributed by atoms with Crippen LogP contribution in [-0.4, -0.2) is 26.4 Å². The van der Waals surface area contributed by atoms with Crippen LogP contribution in [0.25, 0.3) is 34.4 Å². The second-order valence-electron chi connectivity index (χ2n) is 20.2. The summed E-state index contributed by atoms with van der Waals surface area (Å²) in [6.45, 7) is 6.23. The molecule has 0 bridgehead atoms.